The lowest BCUT2D eigenvalue weighted by Gasteiger charge is -2.21. The molecule has 4 heteroatoms. The standard InChI is InChI=1S/C14H21N3O/c1-3-5-6-11(4-2)14(18)17-8-12-7-15-10-16-13(12)9-17/h7,10-11H,3-6,8-9H2,1-2H3. The third-order valence-corrected chi connectivity index (χ3v) is 3.64. The number of aromatic nitrogens is 2. The van der Waals surface area contributed by atoms with Gasteiger partial charge in [0.15, 0.2) is 0 Å². The fourth-order valence-corrected chi connectivity index (χ4v) is 2.47. The predicted molar refractivity (Wildman–Crippen MR) is 69.6 cm³/mol. The van der Waals surface area contributed by atoms with E-state index in [1.807, 2.05) is 11.1 Å². The minimum Gasteiger partial charge on any atom is -0.332 e. The molecule has 0 fully saturated rings. The van der Waals surface area contributed by atoms with Crippen LogP contribution >= 0.6 is 0 Å². The van der Waals surface area contributed by atoms with Gasteiger partial charge in [-0.25, -0.2) is 9.97 Å². The number of hydrogen-bond acceptors (Lipinski definition) is 3. The van der Waals surface area contributed by atoms with E-state index in [2.05, 4.69) is 23.8 Å². The minimum absolute atomic E-state index is 0.173. The molecule has 0 N–H and O–H groups in total. The maximum absolute atomic E-state index is 12.4. The second-order valence-electron chi connectivity index (χ2n) is 4.94. The highest BCUT2D eigenvalue weighted by Crippen LogP contribution is 2.24. The number of carbonyl (C=O) groups is 1. The fourth-order valence-electron chi connectivity index (χ4n) is 2.47. The van der Waals surface area contributed by atoms with Crippen LogP contribution in [-0.4, -0.2) is 20.8 Å². The number of carbonyl (C=O) groups excluding carboxylic acids is 1. The molecule has 0 saturated carbocycles. The highest BCUT2D eigenvalue weighted by Gasteiger charge is 2.28. The van der Waals surface area contributed by atoms with Crippen LogP contribution in [0.5, 0.6) is 0 Å². The quantitative estimate of drug-likeness (QED) is 0.803. The van der Waals surface area contributed by atoms with Gasteiger partial charge in [0.05, 0.1) is 12.2 Å². The minimum atomic E-state index is 0.173. The Morgan fingerprint density at radius 2 is 2.28 bits per heavy atom. The molecule has 1 aliphatic heterocycles. The van der Waals surface area contributed by atoms with E-state index in [0.29, 0.717) is 13.1 Å². The van der Waals surface area contributed by atoms with Gasteiger partial charge >= 0.3 is 0 Å². The van der Waals surface area contributed by atoms with Gasteiger partial charge in [0.25, 0.3) is 0 Å². The molecule has 1 aromatic rings. The smallest absolute Gasteiger partial charge is 0.226 e. The molecule has 1 atom stereocenters. The molecule has 4 nitrogen and oxygen atoms in total. The van der Waals surface area contributed by atoms with Crippen LogP contribution in [0.1, 0.15) is 50.8 Å². The summed E-state index contributed by atoms with van der Waals surface area (Å²) in [6.45, 7) is 5.59. The number of amides is 1. The fraction of sp³-hybridized carbons (Fsp3) is 0.643. The number of fused-ring (bicyclic) bond motifs is 1. The second kappa shape index (κ2) is 5.94. The maximum Gasteiger partial charge on any atom is 0.226 e. The molecular weight excluding hydrogens is 226 g/mol. The summed E-state index contributed by atoms with van der Waals surface area (Å²) in [5, 5.41) is 0. The van der Waals surface area contributed by atoms with Gasteiger partial charge in [-0.15, -0.1) is 0 Å². The van der Waals surface area contributed by atoms with Crippen LogP contribution in [0.4, 0.5) is 0 Å². The Morgan fingerprint density at radius 3 is 2.94 bits per heavy atom. The molecule has 0 radical (unpaired) electrons. The Bertz CT molecular complexity index is 394. The van der Waals surface area contributed by atoms with Gasteiger partial charge in [-0.3, -0.25) is 4.79 Å². The van der Waals surface area contributed by atoms with Gasteiger partial charge in [0, 0.05) is 24.2 Å². The molecule has 1 aromatic heterocycles. The van der Waals surface area contributed by atoms with Crippen LogP contribution in [0, 0.1) is 5.92 Å². The second-order valence-corrected chi connectivity index (χ2v) is 4.94. The lowest BCUT2D eigenvalue weighted by Crippen LogP contribution is -2.31. The highest BCUT2D eigenvalue weighted by atomic mass is 16.2. The SMILES string of the molecule is CCCCC(CC)C(=O)N1Cc2cncnc2C1. The molecule has 0 saturated heterocycles. The summed E-state index contributed by atoms with van der Waals surface area (Å²) < 4.78 is 0. The van der Waals surface area contributed by atoms with Gasteiger partial charge in [-0.05, 0) is 12.8 Å². The predicted octanol–water partition coefficient (Wildman–Crippen LogP) is 2.54. The van der Waals surface area contributed by atoms with Crippen molar-refractivity contribution in [3.63, 3.8) is 0 Å². The van der Waals surface area contributed by atoms with E-state index in [1.165, 1.54) is 0 Å². The zero-order valence-corrected chi connectivity index (χ0v) is 11.2. The van der Waals surface area contributed by atoms with Crippen LogP contribution in [-0.2, 0) is 17.9 Å². The lowest BCUT2D eigenvalue weighted by atomic mass is 9.98. The summed E-state index contributed by atoms with van der Waals surface area (Å²) in [7, 11) is 0. The summed E-state index contributed by atoms with van der Waals surface area (Å²) in [6, 6.07) is 0. The van der Waals surface area contributed by atoms with Gasteiger partial charge in [-0.2, -0.15) is 0 Å². The van der Waals surface area contributed by atoms with Crippen LogP contribution < -0.4 is 0 Å². The summed E-state index contributed by atoms with van der Waals surface area (Å²) in [6.07, 6.45) is 7.59. The third-order valence-electron chi connectivity index (χ3n) is 3.64. The van der Waals surface area contributed by atoms with Gasteiger partial charge in [-0.1, -0.05) is 26.7 Å². The van der Waals surface area contributed by atoms with E-state index < -0.39 is 0 Å². The van der Waals surface area contributed by atoms with Gasteiger partial charge in [0.2, 0.25) is 5.91 Å². The molecule has 2 heterocycles. The Morgan fingerprint density at radius 1 is 1.44 bits per heavy atom. The van der Waals surface area contributed by atoms with Crippen molar-refractivity contribution in [1.82, 2.24) is 14.9 Å². The van der Waals surface area contributed by atoms with E-state index >= 15 is 0 Å². The van der Waals surface area contributed by atoms with E-state index in [0.717, 1.165) is 36.9 Å². The molecule has 1 amide bonds. The zero-order chi connectivity index (χ0) is 13.0. The molecular formula is C14H21N3O. The van der Waals surface area contributed by atoms with Crippen molar-refractivity contribution in [3.8, 4) is 0 Å². The Labute approximate surface area is 108 Å². The average molecular weight is 247 g/mol. The molecule has 0 aliphatic carbocycles. The van der Waals surface area contributed by atoms with E-state index in [1.54, 1.807) is 6.33 Å². The van der Waals surface area contributed by atoms with Crippen LogP contribution in [0.25, 0.3) is 0 Å². The van der Waals surface area contributed by atoms with Gasteiger partial charge < -0.3 is 4.90 Å². The van der Waals surface area contributed by atoms with Crippen molar-refractivity contribution in [2.75, 3.05) is 0 Å². The monoisotopic (exact) mass is 247 g/mol. The Balaban J connectivity index is 1.99. The highest BCUT2D eigenvalue weighted by molar-refractivity contribution is 5.79. The van der Waals surface area contributed by atoms with Crippen molar-refractivity contribution in [2.24, 2.45) is 5.92 Å². The number of rotatable bonds is 5. The molecule has 98 valence electrons. The molecule has 0 aromatic carbocycles. The van der Waals surface area contributed by atoms with Crippen molar-refractivity contribution >= 4 is 5.91 Å². The Kier molecular flexibility index (Phi) is 4.28. The van der Waals surface area contributed by atoms with Crippen LogP contribution in [0.15, 0.2) is 12.5 Å². The molecule has 2 rings (SSSR count). The van der Waals surface area contributed by atoms with Crippen molar-refractivity contribution < 1.29 is 4.79 Å². The topological polar surface area (TPSA) is 46.1 Å². The first-order valence-electron chi connectivity index (χ1n) is 6.82. The normalized spacial score (nSPS) is 15.6. The summed E-state index contributed by atoms with van der Waals surface area (Å²) >= 11 is 0. The Hall–Kier alpha value is -1.45. The lowest BCUT2D eigenvalue weighted by molar-refractivity contribution is -0.136. The van der Waals surface area contributed by atoms with E-state index in [9.17, 15) is 4.79 Å². The van der Waals surface area contributed by atoms with Crippen molar-refractivity contribution in [2.45, 2.75) is 52.6 Å². The van der Waals surface area contributed by atoms with Crippen LogP contribution in [0.2, 0.25) is 0 Å². The van der Waals surface area contributed by atoms with E-state index in [-0.39, 0.29) is 11.8 Å². The first-order valence-corrected chi connectivity index (χ1v) is 6.82. The van der Waals surface area contributed by atoms with E-state index in [4.69, 9.17) is 0 Å². The first kappa shape index (κ1) is 13.0. The number of nitrogens with zero attached hydrogens (tertiary/aromatic N) is 3. The van der Waals surface area contributed by atoms with Crippen molar-refractivity contribution in [1.29, 1.82) is 0 Å². The molecule has 0 bridgehead atoms. The largest absolute Gasteiger partial charge is 0.332 e. The summed E-state index contributed by atoms with van der Waals surface area (Å²) in [5.74, 6) is 0.455. The number of unbranched alkanes of at least 4 members (excludes halogenated alkanes) is 1. The third kappa shape index (κ3) is 2.68. The number of hydrogen-bond donors (Lipinski definition) is 0. The molecule has 0 spiro atoms. The summed E-state index contributed by atoms with van der Waals surface area (Å²) in [4.78, 5) is 22.6. The molecule has 18 heavy (non-hydrogen) atoms. The molecule has 1 aliphatic rings. The average Bonchev–Trinajstić information content (AvgIpc) is 2.83. The maximum atomic E-state index is 12.4. The van der Waals surface area contributed by atoms with Gasteiger partial charge in [0.1, 0.15) is 6.33 Å². The first-order chi connectivity index (χ1) is 8.76. The molecule has 1 unspecified atom stereocenters. The van der Waals surface area contributed by atoms with Crippen molar-refractivity contribution in [3.05, 3.63) is 23.8 Å². The summed E-state index contributed by atoms with van der Waals surface area (Å²) in [5.41, 5.74) is 2.10. The zero-order valence-electron chi connectivity index (χ0n) is 11.2. The van der Waals surface area contributed by atoms with Crippen LogP contribution in [0.3, 0.4) is 0 Å².